The molecule has 0 amide bonds. The summed E-state index contributed by atoms with van der Waals surface area (Å²) in [5, 5.41) is 21.3. The van der Waals surface area contributed by atoms with Crippen LogP contribution in [0.15, 0.2) is 65.1 Å². The Kier molecular flexibility index (Phi) is 3.74. The highest BCUT2D eigenvalue weighted by Crippen LogP contribution is 2.41. The third-order valence-corrected chi connectivity index (χ3v) is 6.39. The smallest absolute Gasteiger partial charge is 0.423 e. The van der Waals surface area contributed by atoms with Gasteiger partial charge in [-0.3, -0.25) is 0 Å². The van der Waals surface area contributed by atoms with Crippen LogP contribution in [0, 0.1) is 0 Å². The Balaban J connectivity index is 2.07. The van der Waals surface area contributed by atoms with Crippen LogP contribution in [-0.4, -0.2) is 17.2 Å². The van der Waals surface area contributed by atoms with Gasteiger partial charge in [0.05, 0.1) is 0 Å². The minimum absolute atomic E-state index is 0.491. The molecule has 1 aromatic heterocycles. The first-order chi connectivity index (χ1) is 11.2. The average Bonchev–Trinajstić information content (AvgIpc) is 2.95. The largest absolute Gasteiger partial charge is 0.489 e. The van der Waals surface area contributed by atoms with E-state index in [2.05, 4.69) is 46.3 Å². The summed E-state index contributed by atoms with van der Waals surface area (Å²) in [6, 6.07) is 20.3. The van der Waals surface area contributed by atoms with Gasteiger partial charge >= 0.3 is 7.12 Å². The van der Waals surface area contributed by atoms with Crippen LogP contribution in [0.2, 0.25) is 0 Å². The number of hydrogen-bond acceptors (Lipinski definition) is 3. The Bertz CT molecular complexity index is 1010. The minimum Gasteiger partial charge on any atom is -0.423 e. The van der Waals surface area contributed by atoms with Gasteiger partial charge in [0.25, 0.3) is 0 Å². The Morgan fingerprint density at radius 3 is 2.26 bits per heavy atom. The van der Waals surface area contributed by atoms with Crippen molar-refractivity contribution in [2.24, 2.45) is 0 Å². The zero-order valence-corrected chi connectivity index (χ0v) is 14.4. The second kappa shape index (κ2) is 5.76. The van der Waals surface area contributed by atoms with Crippen molar-refractivity contribution in [1.29, 1.82) is 0 Å². The van der Waals surface area contributed by atoms with Crippen LogP contribution in [0.3, 0.4) is 0 Å². The van der Waals surface area contributed by atoms with Crippen LogP contribution in [0.5, 0.6) is 0 Å². The summed E-state index contributed by atoms with van der Waals surface area (Å²) in [5.74, 6) is 0. The van der Waals surface area contributed by atoms with Gasteiger partial charge in [0.1, 0.15) is 0 Å². The van der Waals surface area contributed by atoms with E-state index in [0.29, 0.717) is 5.46 Å². The van der Waals surface area contributed by atoms with Crippen LogP contribution < -0.4 is 5.46 Å². The number of rotatable bonds is 2. The zero-order valence-electron chi connectivity index (χ0n) is 12.0. The molecule has 0 saturated carbocycles. The van der Waals surface area contributed by atoms with Crippen LogP contribution >= 0.6 is 27.3 Å². The Morgan fingerprint density at radius 2 is 1.52 bits per heavy atom. The predicted octanol–water partition coefficient (Wildman–Crippen LogP) is 4.16. The van der Waals surface area contributed by atoms with Gasteiger partial charge in [-0.05, 0) is 32.5 Å². The molecule has 112 valence electrons. The van der Waals surface area contributed by atoms with Gasteiger partial charge in [0, 0.05) is 24.6 Å². The first-order valence-corrected chi connectivity index (χ1v) is 8.83. The summed E-state index contributed by atoms with van der Waals surface area (Å²) in [5.41, 5.74) is 2.87. The molecule has 0 aliphatic rings. The van der Waals surface area contributed by atoms with E-state index in [4.69, 9.17) is 0 Å². The lowest BCUT2D eigenvalue weighted by Crippen LogP contribution is -2.30. The van der Waals surface area contributed by atoms with Crippen molar-refractivity contribution in [3.63, 3.8) is 0 Å². The lowest BCUT2D eigenvalue weighted by Gasteiger charge is -2.03. The Morgan fingerprint density at radius 1 is 0.783 bits per heavy atom. The van der Waals surface area contributed by atoms with Crippen LogP contribution in [0.25, 0.3) is 31.3 Å². The number of fused-ring (bicyclic) bond motifs is 3. The predicted molar refractivity (Wildman–Crippen MR) is 102 cm³/mol. The van der Waals surface area contributed by atoms with Crippen molar-refractivity contribution in [3.05, 3.63) is 65.1 Å². The molecule has 0 bridgehead atoms. The molecule has 0 atom stereocenters. The molecule has 5 heteroatoms. The molecular weight excluding hydrogens is 371 g/mol. The summed E-state index contributed by atoms with van der Waals surface area (Å²) in [6.07, 6.45) is 0. The molecular formula is C18H12BBrO2S. The topological polar surface area (TPSA) is 40.5 Å². The average molecular weight is 383 g/mol. The first kappa shape index (κ1) is 14.9. The minimum atomic E-state index is -1.48. The Hall–Kier alpha value is -1.66. The fraction of sp³-hybridized carbons (Fsp3) is 0. The maximum Gasteiger partial charge on any atom is 0.489 e. The van der Waals surface area contributed by atoms with Gasteiger partial charge < -0.3 is 10.0 Å². The van der Waals surface area contributed by atoms with E-state index in [1.807, 2.05) is 24.3 Å². The Labute approximate surface area is 146 Å². The molecule has 0 unspecified atom stereocenters. The highest BCUT2D eigenvalue weighted by atomic mass is 79.9. The number of hydrogen-bond donors (Lipinski definition) is 2. The molecule has 3 aromatic carbocycles. The van der Waals surface area contributed by atoms with E-state index >= 15 is 0 Å². The van der Waals surface area contributed by atoms with E-state index in [9.17, 15) is 10.0 Å². The van der Waals surface area contributed by atoms with E-state index in [0.717, 1.165) is 14.6 Å². The second-order valence-electron chi connectivity index (χ2n) is 5.37. The van der Waals surface area contributed by atoms with Gasteiger partial charge in [-0.15, -0.1) is 11.3 Å². The molecule has 23 heavy (non-hydrogen) atoms. The molecule has 0 aliphatic heterocycles. The fourth-order valence-corrected chi connectivity index (χ4v) is 4.97. The van der Waals surface area contributed by atoms with E-state index in [-0.39, 0.29) is 0 Å². The molecule has 2 nitrogen and oxygen atoms in total. The van der Waals surface area contributed by atoms with Crippen LogP contribution in [0.1, 0.15) is 0 Å². The monoisotopic (exact) mass is 382 g/mol. The number of halogens is 1. The highest BCUT2D eigenvalue weighted by molar-refractivity contribution is 9.10. The summed E-state index contributed by atoms with van der Waals surface area (Å²) >= 11 is 5.20. The molecule has 0 fully saturated rings. The highest BCUT2D eigenvalue weighted by Gasteiger charge is 2.19. The first-order valence-electron chi connectivity index (χ1n) is 7.22. The van der Waals surface area contributed by atoms with E-state index in [1.54, 1.807) is 17.4 Å². The van der Waals surface area contributed by atoms with Gasteiger partial charge in [-0.1, -0.05) is 60.7 Å². The molecule has 0 saturated heterocycles. The van der Waals surface area contributed by atoms with E-state index < -0.39 is 7.12 Å². The summed E-state index contributed by atoms with van der Waals surface area (Å²) < 4.78 is 3.00. The third-order valence-electron chi connectivity index (χ3n) is 4.00. The van der Waals surface area contributed by atoms with Crippen molar-refractivity contribution < 1.29 is 10.0 Å². The van der Waals surface area contributed by atoms with Crippen molar-refractivity contribution >= 4 is 60.0 Å². The van der Waals surface area contributed by atoms with Crippen LogP contribution in [-0.2, 0) is 0 Å². The number of benzene rings is 3. The standard InChI is InChI=1S/C18H12BBrO2S/c20-16-15(19(21)22)10-9-14-13-8-4-7-12(17(13)23-18(14)16)11-5-2-1-3-6-11/h1-10,21-22H. The maximum atomic E-state index is 9.50. The lowest BCUT2D eigenvalue weighted by molar-refractivity contribution is 0.425. The SMILES string of the molecule is OB(O)c1ccc2c(sc3c(-c4ccccc4)cccc32)c1Br. The van der Waals surface area contributed by atoms with Crippen LogP contribution in [0.4, 0.5) is 0 Å². The van der Waals surface area contributed by atoms with Crippen molar-refractivity contribution in [3.8, 4) is 11.1 Å². The molecule has 0 spiro atoms. The molecule has 0 aliphatic carbocycles. The third kappa shape index (κ3) is 2.41. The molecule has 4 aromatic rings. The zero-order chi connectivity index (χ0) is 16.0. The summed E-state index contributed by atoms with van der Waals surface area (Å²) in [6.45, 7) is 0. The quantitative estimate of drug-likeness (QED) is 0.511. The molecule has 4 rings (SSSR count). The normalized spacial score (nSPS) is 11.3. The van der Waals surface area contributed by atoms with Gasteiger partial charge in [-0.25, -0.2) is 0 Å². The van der Waals surface area contributed by atoms with E-state index in [1.165, 1.54) is 21.2 Å². The number of thiophene rings is 1. The molecule has 1 heterocycles. The summed E-state index contributed by atoms with van der Waals surface area (Å²) in [7, 11) is -1.48. The van der Waals surface area contributed by atoms with Gasteiger partial charge in [0.2, 0.25) is 0 Å². The molecule has 2 N–H and O–H groups in total. The fourth-order valence-electron chi connectivity index (χ4n) is 2.89. The maximum absolute atomic E-state index is 9.50. The van der Waals surface area contributed by atoms with Crippen molar-refractivity contribution in [2.45, 2.75) is 0 Å². The molecule has 0 radical (unpaired) electrons. The van der Waals surface area contributed by atoms with Crippen molar-refractivity contribution in [1.82, 2.24) is 0 Å². The van der Waals surface area contributed by atoms with Crippen molar-refractivity contribution in [2.75, 3.05) is 0 Å². The lowest BCUT2D eigenvalue weighted by atomic mass is 9.80. The second-order valence-corrected chi connectivity index (χ2v) is 7.18. The van der Waals surface area contributed by atoms with Gasteiger partial charge in [-0.2, -0.15) is 0 Å². The van der Waals surface area contributed by atoms with Gasteiger partial charge in [0.15, 0.2) is 0 Å². The summed E-state index contributed by atoms with van der Waals surface area (Å²) in [4.78, 5) is 0.